The molecule has 1 saturated carbocycles. The molecule has 1 atom stereocenters. The van der Waals surface area contributed by atoms with E-state index < -0.39 is 5.54 Å². The first kappa shape index (κ1) is 28.5. The minimum Gasteiger partial charge on any atom is -0.497 e. The van der Waals surface area contributed by atoms with Crippen molar-refractivity contribution in [3.05, 3.63) is 54.1 Å². The van der Waals surface area contributed by atoms with Crippen molar-refractivity contribution in [2.24, 2.45) is 5.92 Å². The number of piperazine rings is 1. The number of nitrogens with zero attached hydrogens (tertiary/aromatic N) is 2. The molecule has 7 nitrogen and oxygen atoms in total. The minimum absolute atomic E-state index is 0.0720. The van der Waals surface area contributed by atoms with E-state index in [0.717, 1.165) is 56.1 Å². The zero-order valence-corrected chi connectivity index (χ0v) is 24.2. The number of hydrogen-bond acceptors (Lipinski definition) is 5. The summed E-state index contributed by atoms with van der Waals surface area (Å²) in [7, 11) is 1.65. The summed E-state index contributed by atoms with van der Waals surface area (Å²) in [6.07, 6.45) is 10.3. The number of carbonyl (C=O) groups excluding carboxylic acids is 2. The lowest BCUT2D eigenvalue weighted by Crippen LogP contribution is -2.73. The highest BCUT2D eigenvalue weighted by atomic mass is 16.5. The van der Waals surface area contributed by atoms with Crippen LogP contribution < -0.4 is 14.8 Å². The van der Waals surface area contributed by atoms with Gasteiger partial charge >= 0.3 is 0 Å². The highest BCUT2D eigenvalue weighted by molar-refractivity contribution is 6.00. The molecule has 3 aliphatic rings. The van der Waals surface area contributed by atoms with Gasteiger partial charge < -0.3 is 19.7 Å². The van der Waals surface area contributed by atoms with E-state index in [1.807, 2.05) is 41.3 Å². The Labute approximate surface area is 239 Å². The molecule has 2 amide bonds. The number of piperidine rings is 1. The zero-order valence-electron chi connectivity index (χ0n) is 24.2. The SMILES string of the molecule is CCCCN1C(=O)C(CC2CCCCC2)NC(=O)C12CCN(Cc1ccc(Oc3cccc(OC)c3)cc1)CC2. The van der Waals surface area contributed by atoms with E-state index in [9.17, 15) is 9.59 Å². The predicted octanol–water partition coefficient (Wildman–Crippen LogP) is 5.92. The topological polar surface area (TPSA) is 71.1 Å². The Morgan fingerprint density at radius 3 is 2.38 bits per heavy atom. The van der Waals surface area contributed by atoms with Gasteiger partial charge in [0.15, 0.2) is 0 Å². The van der Waals surface area contributed by atoms with Crippen LogP contribution in [0.15, 0.2) is 48.5 Å². The van der Waals surface area contributed by atoms with Crippen LogP contribution in [0.25, 0.3) is 0 Å². The lowest BCUT2D eigenvalue weighted by atomic mass is 9.79. The maximum Gasteiger partial charge on any atom is 0.246 e. The number of ether oxygens (including phenoxy) is 2. The van der Waals surface area contributed by atoms with Gasteiger partial charge in [-0.1, -0.05) is 63.6 Å². The molecule has 3 fully saturated rings. The summed E-state index contributed by atoms with van der Waals surface area (Å²) in [5.41, 5.74) is 0.494. The van der Waals surface area contributed by atoms with Gasteiger partial charge in [-0.25, -0.2) is 0 Å². The Morgan fingerprint density at radius 2 is 1.68 bits per heavy atom. The van der Waals surface area contributed by atoms with Crippen molar-refractivity contribution in [2.45, 2.75) is 89.3 Å². The highest BCUT2D eigenvalue weighted by Crippen LogP contribution is 2.36. The summed E-state index contributed by atoms with van der Waals surface area (Å²) in [5.74, 6) is 3.06. The van der Waals surface area contributed by atoms with Crippen LogP contribution in [0.1, 0.15) is 76.7 Å². The second-order valence-corrected chi connectivity index (χ2v) is 11.8. The van der Waals surface area contributed by atoms with Crippen LogP contribution in [0.3, 0.4) is 0 Å². The van der Waals surface area contributed by atoms with Crippen LogP contribution in [-0.4, -0.2) is 59.9 Å². The van der Waals surface area contributed by atoms with E-state index in [0.29, 0.717) is 25.3 Å². The Balaban J connectivity index is 1.19. The lowest BCUT2D eigenvalue weighted by Gasteiger charge is -2.52. The number of amides is 2. The van der Waals surface area contributed by atoms with Gasteiger partial charge in [0, 0.05) is 32.2 Å². The fourth-order valence-electron chi connectivity index (χ4n) is 6.73. The zero-order chi connectivity index (χ0) is 28.0. The molecule has 5 rings (SSSR count). The summed E-state index contributed by atoms with van der Waals surface area (Å²) in [5, 5.41) is 3.21. The van der Waals surface area contributed by atoms with E-state index in [4.69, 9.17) is 9.47 Å². The molecular formula is C33H45N3O4. The number of likely N-dealkylation sites (tertiary alicyclic amines) is 1. The van der Waals surface area contributed by atoms with Crippen LogP contribution in [0.2, 0.25) is 0 Å². The normalized spacial score (nSPS) is 21.9. The van der Waals surface area contributed by atoms with Gasteiger partial charge in [-0.2, -0.15) is 0 Å². The monoisotopic (exact) mass is 547 g/mol. The average Bonchev–Trinajstić information content (AvgIpc) is 2.98. The molecule has 0 aromatic heterocycles. The molecule has 2 aromatic rings. The third-order valence-corrected chi connectivity index (χ3v) is 9.13. The first-order valence-corrected chi connectivity index (χ1v) is 15.3. The van der Waals surface area contributed by atoms with Gasteiger partial charge in [0.25, 0.3) is 0 Å². The Hall–Kier alpha value is -3.06. The average molecular weight is 548 g/mol. The van der Waals surface area contributed by atoms with E-state index in [2.05, 4.69) is 29.3 Å². The number of nitrogens with one attached hydrogen (secondary N) is 1. The van der Waals surface area contributed by atoms with Crippen molar-refractivity contribution >= 4 is 11.8 Å². The summed E-state index contributed by atoms with van der Waals surface area (Å²) in [6, 6.07) is 15.4. The second kappa shape index (κ2) is 13.1. The fraction of sp³-hybridized carbons (Fsp3) is 0.576. The van der Waals surface area contributed by atoms with E-state index in [-0.39, 0.29) is 17.9 Å². The molecule has 7 heteroatoms. The van der Waals surface area contributed by atoms with Gasteiger partial charge in [0.05, 0.1) is 7.11 Å². The first-order valence-electron chi connectivity index (χ1n) is 15.3. The van der Waals surface area contributed by atoms with Gasteiger partial charge in [-0.05, 0) is 61.4 Å². The molecule has 40 heavy (non-hydrogen) atoms. The third kappa shape index (κ3) is 6.46. The van der Waals surface area contributed by atoms with Crippen molar-refractivity contribution in [2.75, 3.05) is 26.7 Å². The highest BCUT2D eigenvalue weighted by Gasteiger charge is 2.53. The van der Waals surface area contributed by atoms with Crippen molar-refractivity contribution in [1.29, 1.82) is 0 Å². The molecule has 1 spiro atoms. The number of methoxy groups -OCH3 is 1. The number of benzene rings is 2. The van der Waals surface area contributed by atoms with Crippen molar-refractivity contribution < 1.29 is 19.1 Å². The minimum atomic E-state index is -0.708. The molecular weight excluding hydrogens is 502 g/mol. The van der Waals surface area contributed by atoms with Gasteiger partial charge in [-0.15, -0.1) is 0 Å². The quantitative estimate of drug-likeness (QED) is 0.400. The van der Waals surface area contributed by atoms with E-state index >= 15 is 0 Å². The number of rotatable bonds is 10. The van der Waals surface area contributed by atoms with Crippen molar-refractivity contribution in [1.82, 2.24) is 15.1 Å². The standard InChI is InChI=1S/C33H45N3O4/c1-3-4-19-36-31(37)30(22-25-9-6-5-7-10-25)34-32(38)33(36)17-20-35(21-18-33)24-26-13-15-27(16-14-26)40-29-12-8-11-28(23-29)39-2/h8,11-16,23,25,30H,3-7,9-10,17-22,24H2,1-2H3,(H,34,38). The molecule has 2 saturated heterocycles. The maximum atomic E-state index is 13.8. The first-order chi connectivity index (χ1) is 19.5. The Bertz CT molecular complexity index is 1140. The van der Waals surface area contributed by atoms with Gasteiger partial charge in [-0.3, -0.25) is 14.5 Å². The Morgan fingerprint density at radius 1 is 0.950 bits per heavy atom. The summed E-state index contributed by atoms with van der Waals surface area (Å²) in [4.78, 5) is 31.9. The van der Waals surface area contributed by atoms with Crippen LogP contribution in [0, 0.1) is 5.92 Å². The predicted molar refractivity (Wildman–Crippen MR) is 156 cm³/mol. The smallest absolute Gasteiger partial charge is 0.246 e. The van der Waals surface area contributed by atoms with Gasteiger partial charge in [0.1, 0.15) is 28.8 Å². The van der Waals surface area contributed by atoms with E-state index in [1.54, 1.807) is 7.11 Å². The number of carbonyl (C=O) groups is 2. The molecule has 216 valence electrons. The van der Waals surface area contributed by atoms with Crippen LogP contribution in [0.4, 0.5) is 0 Å². The summed E-state index contributed by atoms with van der Waals surface area (Å²) in [6.45, 7) is 5.22. The number of unbranched alkanes of at least 4 members (excludes halogenated alkanes) is 1. The molecule has 0 bridgehead atoms. The van der Waals surface area contributed by atoms with Crippen LogP contribution in [0.5, 0.6) is 17.2 Å². The summed E-state index contributed by atoms with van der Waals surface area (Å²) < 4.78 is 11.3. The molecule has 1 N–H and O–H groups in total. The Kier molecular flexibility index (Phi) is 9.30. The second-order valence-electron chi connectivity index (χ2n) is 11.8. The fourth-order valence-corrected chi connectivity index (χ4v) is 6.73. The van der Waals surface area contributed by atoms with Gasteiger partial charge in [0.2, 0.25) is 11.8 Å². The lowest BCUT2D eigenvalue weighted by molar-refractivity contribution is -0.162. The van der Waals surface area contributed by atoms with Crippen LogP contribution >= 0.6 is 0 Å². The summed E-state index contributed by atoms with van der Waals surface area (Å²) >= 11 is 0. The largest absolute Gasteiger partial charge is 0.497 e. The molecule has 0 radical (unpaired) electrons. The maximum absolute atomic E-state index is 13.8. The molecule has 1 unspecified atom stereocenters. The molecule has 2 heterocycles. The van der Waals surface area contributed by atoms with E-state index in [1.165, 1.54) is 37.7 Å². The molecule has 2 aromatic carbocycles. The van der Waals surface area contributed by atoms with Crippen molar-refractivity contribution in [3.8, 4) is 17.2 Å². The molecule has 2 aliphatic heterocycles. The number of hydrogen-bond donors (Lipinski definition) is 1. The third-order valence-electron chi connectivity index (χ3n) is 9.13. The van der Waals surface area contributed by atoms with Crippen molar-refractivity contribution in [3.63, 3.8) is 0 Å². The van der Waals surface area contributed by atoms with Crippen LogP contribution in [-0.2, 0) is 16.1 Å². The molecule has 1 aliphatic carbocycles.